The minimum Gasteiger partial charge on any atom is -0.507 e. The van der Waals surface area contributed by atoms with Crippen LogP contribution in [0.3, 0.4) is 0 Å². The number of hydrogen-bond acceptors (Lipinski definition) is 5. The van der Waals surface area contributed by atoms with Crippen LogP contribution in [0.2, 0.25) is 0 Å². The summed E-state index contributed by atoms with van der Waals surface area (Å²) in [7, 11) is 0. The highest BCUT2D eigenvalue weighted by atomic mass is 19.1. The molecular formula is C25H27FO5. The molecule has 6 heteroatoms. The first kappa shape index (κ1) is 22.5. The minimum absolute atomic E-state index is 0.0157. The first-order valence-electron chi connectivity index (χ1n) is 10.6. The van der Waals surface area contributed by atoms with Crippen LogP contribution in [0.15, 0.2) is 42.5 Å². The number of esters is 1. The fourth-order valence-corrected chi connectivity index (χ4v) is 3.48. The fourth-order valence-electron chi connectivity index (χ4n) is 3.48. The molecule has 0 unspecified atom stereocenters. The third kappa shape index (κ3) is 6.41. The molecule has 1 aliphatic heterocycles. The first-order valence-corrected chi connectivity index (χ1v) is 10.6. The number of phenols is 1. The van der Waals surface area contributed by atoms with Gasteiger partial charge in [0.1, 0.15) is 35.3 Å². The maximum absolute atomic E-state index is 13.9. The molecule has 1 aliphatic rings. The molecule has 0 saturated carbocycles. The lowest BCUT2D eigenvalue weighted by atomic mass is 10.0. The summed E-state index contributed by atoms with van der Waals surface area (Å²) in [5.74, 6) is -0.747. The Labute approximate surface area is 181 Å². The highest BCUT2D eigenvalue weighted by molar-refractivity contribution is 5.97. The molecule has 3 rings (SSSR count). The number of aromatic hydroxyl groups is 1. The molecule has 0 aliphatic carbocycles. The highest BCUT2D eigenvalue weighted by Crippen LogP contribution is 2.31. The van der Waals surface area contributed by atoms with E-state index in [1.54, 1.807) is 37.3 Å². The number of ketones is 1. The van der Waals surface area contributed by atoms with Gasteiger partial charge < -0.3 is 14.6 Å². The number of ether oxygens (including phenoxy) is 2. The van der Waals surface area contributed by atoms with Crippen LogP contribution in [0.5, 0.6) is 11.5 Å². The summed E-state index contributed by atoms with van der Waals surface area (Å²) >= 11 is 0. The molecule has 164 valence electrons. The van der Waals surface area contributed by atoms with Crippen LogP contribution in [0.4, 0.5) is 4.39 Å². The first-order chi connectivity index (χ1) is 14.9. The van der Waals surface area contributed by atoms with Gasteiger partial charge in [-0.25, -0.2) is 9.18 Å². The molecule has 2 aromatic rings. The molecule has 1 heterocycles. The number of fused-ring (bicyclic) bond motifs is 1. The predicted molar refractivity (Wildman–Crippen MR) is 115 cm³/mol. The minimum atomic E-state index is -0.631. The largest absolute Gasteiger partial charge is 0.507 e. The molecular weight excluding hydrogens is 399 g/mol. The van der Waals surface area contributed by atoms with E-state index >= 15 is 0 Å². The van der Waals surface area contributed by atoms with E-state index in [1.807, 2.05) is 6.08 Å². The van der Waals surface area contributed by atoms with Crippen LogP contribution >= 0.6 is 0 Å². The van der Waals surface area contributed by atoms with Crippen molar-refractivity contribution in [1.82, 2.24) is 0 Å². The number of rotatable bonds is 3. The van der Waals surface area contributed by atoms with Gasteiger partial charge in [0.25, 0.3) is 0 Å². The van der Waals surface area contributed by atoms with Crippen molar-refractivity contribution in [3.8, 4) is 11.5 Å². The molecule has 0 radical (unpaired) electrons. The van der Waals surface area contributed by atoms with E-state index in [4.69, 9.17) is 9.47 Å². The van der Waals surface area contributed by atoms with Gasteiger partial charge in [-0.2, -0.15) is 0 Å². The maximum atomic E-state index is 13.9. The number of allylic oxidation sites excluding steroid dienone is 1. The van der Waals surface area contributed by atoms with E-state index in [9.17, 15) is 19.1 Å². The SMILES string of the molecule is C[C@H]1CCCC(=O)CCCC=Cc2cc(OCc3ccccc3F)cc(O)c2C(=O)O1. The highest BCUT2D eigenvalue weighted by Gasteiger charge is 2.21. The van der Waals surface area contributed by atoms with Crippen molar-refractivity contribution in [3.63, 3.8) is 0 Å². The quantitative estimate of drug-likeness (QED) is 0.648. The molecule has 0 amide bonds. The molecule has 0 spiro atoms. The molecule has 1 atom stereocenters. The van der Waals surface area contributed by atoms with Gasteiger partial charge >= 0.3 is 5.97 Å². The topological polar surface area (TPSA) is 72.8 Å². The molecule has 31 heavy (non-hydrogen) atoms. The van der Waals surface area contributed by atoms with E-state index < -0.39 is 5.97 Å². The lowest BCUT2D eigenvalue weighted by molar-refractivity contribution is -0.119. The van der Waals surface area contributed by atoms with Gasteiger partial charge in [0.2, 0.25) is 0 Å². The van der Waals surface area contributed by atoms with Crippen LogP contribution in [0.25, 0.3) is 6.08 Å². The Morgan fingerprint density at radius 1 is 1.16 bits per heavy atom. The van der Waals surface area contributed by atoms with Crippen molar-refractivity contribution in [2.24, 2.45) is 0 Å². The standard InChI is InChI=1S/C25H27FO5/c1-17-8-7-12-20(27)11-4-2-3-9-18-14-21(15-23(28)24(18)25(29)31-17)30-16-19-10-5-6-13-22(19)26/h3,5-6,9-10,13-15,17,28H,2,4,7-8,11-12,16H2,1H3/t17-/m0/s1. The number of hydrogen-bond donors (Lipinski definition) is 1. The second-order valence-electron chi connectivity index (χ2n) is 7.73. The number of carbonyl (C=O) groups excluding carboxylic acids is 2. The van der Waals surface area contributed by atoms with E-state index in [1.165, 1.54) is 12.1 Å². The summed E-state index contributed by atoms with van der Waals surface area (Å²) in [6.45, 7) is 1.75. The van der Waals surface area contributed by atoms with Crippen molar-refractivity contribution < 1.29 is 28.6 Å². The number of cyclic esters (lactones) is 1. The lowest BCUT2D eigenvalue weighted by Crippen LogP contribution is -2.17. The van der Waals surface area contributed by atoms with Crippen LogP contribution in [0.1, 0.15) is 66.9 Å². The fraction of sp³-hybridized carbons (Fsp3) is 0.360. The Hall–Kier alpha value is -3.15. The molecule has 0 aromatic heterocycles. The Balaban J connectivity index is 1.86. The third-order valence-electron chi connectivity index (χ3n) is 5.18. The maximum Gasteiger partial charge on any atom is 0.342 e. The Morgan fingerprint density at radius 3 is 2.74 bits per heavy atom. The van der Waals surface area contributed by atoms with Crippen molar-refractivity contribution >= 4 is 17.8 Å². The van der Waals surface area contributed by atoms with E-state index in [0.29, 0.717) is 49.0 Å². The van der Waals surface area contributed by atoms with Crippen molar-refractivity contribution in [3.05, 3.63) is 65.0 Å². The summed E-state index contributed by atoms with van der Waals surface area (Å²) in [6.07, 6.45) is 6.81. The monoisotopic (exact) mass is 426 g/mol. The molecule has 1 N–H and O–H groups in total. The van der Waals surface area contributed by atoms with Crippen LogP contribution in [0, 0.1) is 5.82 Å². The Morgan fingerprint density at radius 2 is 1.94 bits per heavy atom. The third-order valence-corrected chi connectivity index (χ3v) is 5.18. The van der Waals surface area contributed by atoms with Crippen molar-refractivity contribution in [2.45, 2.75) is 58.2 Å². The van der Waals surface area contributed by atoms with Crippen LogP contribution in [-0.2, 0) is 16.1 Å². The van der Waals surface area contributed by atoms with Gasteiger partial charge in [0.05, 0.1) is 6.10 Å². The number of benzene rings is 2. The van der Waals surface area contributed by atoms with Crippen LogP contribution in [-0.4, -0.2) is 23.0 Å². The van der Waals surface area contributed by atoms with Gasteiger partial charge in [0, 0.05) is 24.5 Å². The molecule has 5 nitrogen and oxygen atoms in total. The van der Waals surface area contributed by atoms with Gasteiger partial charge in [-0.1, -0.05) is 30.4 Å². The molecule has 2 aromatic carbocycles. The van der Waals surface area contributed by atoms with Crippen molar-refractivity contribution in [1.29, 1.82) is 0 Å². The number of Topliss-reactive ketones (excluding diaryl/α,β-unsaturated/α-hetero) is 1. The number of halogens is 1. The normalized spacial score (nSPS) is 18.1. The number of carbonyl (C=O) groups is 2. The lowest BCUT2D eigenvalue weighted by Gasteiger charge is -2.16. The van der Waals surface area contributed by atoms with Gasteiger partial charge in [-0.3, -0.25) is 4.79 Å². The molecule has 0 bridgehead atoms. The second-order valence-corrected chi connectivity index (χ2v) is 7.73. The van der Waals surface area contributed by atoms with Crippen LogP contribution < -0.4 is 4.74 Å². The Bertz CT molecular complexity index is 966. The average molecular weight is 426 g/mol. The summed E-state index contributed by atoms with van der Waals surface area (Å²) in [5.41, 5.74) is 0.897. The zero-order valence-electron chi connectivity index (χ0n) is 17.6. The second kappa shape index (κ2) is 10.8. The Kier molecular flexibility index (Phi) is 7.82. The van der Waals surface area contributed by atoms with E-state index in [2.05, 4.69) is 0 Å². The predicted octanol–water partition coefficient (Wildman–Crippen LogP) is 5.59. The molecule has 0 fully saturated rings. The van der Waals surface area contributed by atoms with Gasteiger partial charge in [-0.15, -0.1) is 0 Å². The van der Waals surface area contributed by atoms with E-state index in [-0.39, 0.29) is 35.6 Å². The summed E-state index contributed by atoms with van der Waals surface area (Å²) in [5, 5.41) is 10.6. The zero-order valence-corrected chi connectivity index (χ0v) is 17.6. The smallest absolute Gasteiger partial charge is 0.342 e. The summed E-state index contributed by atoms with van der Waals surface area (Å²) in [4.78, 5) is 24.6. The van der Waals surface area contributed by atoms with E-state index in [0.717, 1.165) is 6.42 Å². The summed E-state index contributed by atoms with van der Waals surface area (Å²) < 4.78 is 25.0. The summed E-state index contributed by atoms with van der Waals surface area (Å²) in [6, 6.07) is 9.24. The zero-order chi connectivity index (χ0) is 22.2. The van der Waals surface area contributed by atoms with Gasteiger partial charge in [-0.05, 0) is 50.3 Å². The van der Waals surface area contributed by atoms with Crippen molar-refractivity contribution in [2.75, 3.05) is 0 Å². The molecule has 0 saturated heterocycles. The number of phenolic OH excluding ortho intramolecular Hbond substituents is 1. The average Bonchev–Trinajstić information content (AvgIpc) is 2.72. The van der Waals surface area contributed by atoms with Gasteiger partial charge in [0.15, 0.2) is 0 Å².